The number of aliphatic hydroxyl groups is 1. The Morgan fingerprint density at radius 3 is 2.95 bits per heavy atom. The van der Waals surface area contributed by atoms with Gasteiger partial charge in [-0.05, 0) is 25.3 Å². The predicted molar refractivity (Wildman–Crippen MR) is 72.4 cm³/mol. The highest BCUT2D eigenvalue weighted by Gasteiger charge is 2.32. The van der Waals surface area contributed by atoms with E-state index in [1.807, 2.05) is 0 Å². The number of sulfonamides is 1. The molecule has 0 saturated carbocycles. The van der Waals surface area contributed by atoms with E-state index in [2.05, 4.69) is 5.32 Å². The Balaban J connectivity index is 1.74. The lowest BCUT2D eigenvalue weighted by molar-refractivity contribution is 0.0260. The molecule has 2 N–H and O–H groups in total. The normalized spacial score (nSPS) is 33.7. The molecule has 2 unspecified atom stereocenters. The van der Waals surface area contributed by atoms with Crippen molar-refractivity contribution < 1.29 is 18.3 Å². The van der Waals surface area contributed by atoms with Crippen molar-refractivity contribution in [1.29, 1.82) is 0 Å². The summed E-state index contributed by atoms with van der Waals surface area (Å²) < 4.78 is 29.8. The number of nitrogens with zero attached hydrogens (tertiary/aromatic N) is 1. The van der Waals surface area contributed by atoms with E-state index in [-0.39, 0.29) is 0 Å². The van der Waals surface area contributed by atoms with E-state index in [1.165, 1.54) is 6.26 Å². The molecule has 0 amide bonds. The van der Waals surface area contributed by atoms with Gasteiger partial charge in [-0.2, -0.15) is 0 Å². The van der Waals surface area contributed by atoms with Crippen molar-refractivity contribution in [2.75, 3.05) is 45.6 Å². The molecule has 0 aromatic heterocycles. The fourth-order valence-electron chi connectivity index (χ4n) is 2.74. The maximum Gasteiger partial charge on any atom is 0.211 e. The quantitative estimate of drug-likeness (QED) is 0.707. The highest BCUT2D eigenvalue weighted by atomic mass is 32.2. The second-order valence-corrected chi connectivity index (χ2v) is 7.77. The van der Waals surface area contributed by atoms with Crippen LogP contribution in [0, 0.1) is 5.92 Å². The van der Waals surface area contributed by atoms with Gasteiger partial charge < -0.3 is 15.2 Å². The SMILES string of the molecule is CS(=O)(=O)N1CCCC(CNCC2(O)CCOC2)C1. The molecule has 2 atom stereocenters. The van der Waals surface area contributed by atoms with Gasteiger partial charge in [0, 0.05) is 32.7 Å². The van der Waals surface area contributed by atoms with Crippen molar-refractivity contribution >= 4 is 10.0 Å². The molecule has 0 aliphatic carbocycles. The maximum atomic E-state index is 11.5. The highest BCUT2D eigenvalue weighted by molar-refractivity contribution is 7.88. The fourth-order valence-corrected chi connectivity index (χ4v) is 3.68. The Morgan fingerprint density at radius 1 is 1.53 bits per heavy atom. The molecule has 0 bridgehead atoms. The average Bonchev–Trinajstić information content (AvgIpc) is 2.76. The topological polar surface area (TPSA) is 78.9 Å². The molecule has 0 spiro atoms. The molecule has 0 aromatic rings. The Bertz CT molecular complexity index is 393. The van der Waals surface area contributed by atoms with Gasteiger partial charge in [0.2, 0.25) is 10.0 Å². The van der Waals surface area contributed by atoms with Gasteiger partial charge in [0.15, 0.2) is 0 Å². The molecule has 2 heterocycles. The maximum absolute atomic E-state index is 11.5. The third-order valence-electron chi connectivity index (χ3n) is 3.92. The van der Waals surface area contributed by atoms with Crippen LogP contribution >= 0.6 is 0 Å². The largest absolute Gasteiger partial charge is 0.386 e. The molecule has 2 aliphatic heterocycles. The van der Waals surface area contributed by atoms with Gasteiger partial charge in [0.05, 0.1) is 12.9 Å². The molecule has 0 aromatic carbocycles. The zero-order chi connectivity index (χ0) is 13.9. The summed E-state index contributed by atoms with van der Waals surface area (Å²) in [6, 6.07) is 0. The molecular formula is C12H24N2O4S. The van der Waals surface area contributed by atoms with E-state index in [4.69, 9.17) is 4.74 Å². The van der Waals surface area contributed by atoms with Gasteiger partial charge in [-0.25, -0.2) is 12.7 Å². The number of ether oxygens (including phenoxy) is 1. The summed E-state index contributed by atoms with van der Waals surface area (Å²) >= 11 is 0. The van der Waals surface area contributed by atoms with E-state index in [0.717, 1.165) is 19.4 Å². The number of hydrogen-bond acceptors (Lipinski definition) is 5. The zero-order valence-corrected chi connectivity index (χ0v) is 12.3. The van der Waals surface area contributed by atoms with Crippen molar-refractivity contribution in [3.63, 3.8) is 0 Å². The number of hydrogen-bond donors (Lipinski definition) is 2. The predicted octanol–water partition coefficient (Wildman–Crippen LogP) is -0.601. The summed E-state index contributed by atoms with van der Waals surface area (Å²) in [5.74, 6) is 0.328. The molecule has 2 rings (SSSR count). The van der Waals surface area contributed by atoms with E-state index < -0.39 is 15.6 Å². The van der Waals surface area contributed by atoms with E-state index in [1.54, 1.807) is 4.31 Å². The van der Waals surface area contributed by atoms with Crippen LogP contribution in [-0.4, -0.2) is 69.1 Å². The molecule has 6 nitrogen and oxygen atoms in total. The summed E-state index contributed by atoms with van der Waals surface area (Å²) in [7, 11) is -3.08. The van der Waals surface area contributed by atoms with Crippen molar-refractivity contribution in [2.24, 2.45) is 5.92 Å². The minimum atomic E-state index is -3.08. The van der Waals surface area contributed by atoms with Crippen LogP contribution in [0.1, 0.15) is 19.3 Å². The first-order valence-electron chi connectivity index (χ1n) is 6.85. The molecule has 0 radical (unpaired) electrons. The van der Waals surface area contributed by atoms with Crippen molar-refractivity contribution in [3.8, 4) is 0 Å². The molecule has 7 heteroatoms. The van der Waals surface area contributed by atoms with Crippen molar-refractivity contribution in [1.82, 2.24) is 9.62 Å². The van der Waals surface area contributed by atoms with Crippen molar-refractivity contribution in [3.05, 3.63) is 0 Å². The van der Waals surface area contributed by atoms with Crippen LogP contribution in [0.15, 0.2) is 0 Å². The summed E-state index contributed by atoms with van der Waals surface area (Å²) in [6.45, 7) is 3.48. The average molecular weight is 292 g/mol. The van der Waals surface area contributed by atoms with Gasteiger partial charge in [0.1, 0.15) is 5.60 Å². The third kappa shape index (κ3) is 4.39. The smallest absolute Gasteiger partial charge is 0.211 e. The van der Waals surface area contributed by atoms with Crippen LogP contribution in [-0.2, 0) is 14.8 Å². The summed E-state index contributed by atoms with van der Waals surface area (Å²) in [5, 5.41) is 13.4. The van der Waals surface area contributed by atoms with Crippen LogP contribution < -0.4 is 5.32 Å². The van der Waals surface area contributed by atoms with Gasteiger partial charge in [0.25, 0.3) is 0 Å². The Kier molecular flexibility index (Phi) is 4.84. The lowest BCUT2D eigenvalue weighted by Crippen LogP contribution is -2.46. The Labute approximate surface area is 115 Å². The first-order chi connectivity index (χ1) is 8.89. The highest BCUT2D eigenvalue weighted by Crippen LogP contribution is 2.19. The molecule has 2 saturated heterocycles. The molecule has 2 aliphatic rings. The second-order valence-electron chi connectivity index (χ2n) is 5.79. The number of piperidine rings is 1. The lowest BCUT2D eigenvalue weighted by Gasteiger charge is -2.31. The zero-order valence-electron chi connectivity index (χ0n) is 11.5. The molecular weight excluding hydrogens is 268 g/mol. The lowest BCUT2D eigenvalue weighted by atomic mass is 9.98. The van der Waals surface area contributed by atoms with Gasteiger partial charge in [-0.3, -0.25) is 0 Å². The van der Waals surface area contributed by atoms with Crippen LogP contribution in [0.5, 0.6) is 0 Å². The van der Waals surface area contributed by atoms with Crippen LogP contribution in [0.2, 0.25) is 0 Å². The first kappa shape index (κ1) is 15.2. The molecule has 112 valence electrons. The van der Waals surface area contributed by atoms with Crippen LogP contribution in [0.25, 0.3) is 0 Å². The molecule has 2 fully saturated rings. The summed E-state index contributed by atoms with van der Waals surface area (Å²) in [4.78, 5) is 0. The van der Waals surface area contributed by atoms with Crippen LogP contribution in [0.4, 0.5) is 0 Å². The Morgan fingerprint density at radius 2 is 2.32 bits per heavy atom. The second kappa shape index (κ2) is 6.05. The van der Waals surface area contributed by atoms with Gasteiger partial charge in [-0.15, -0.1) is 0 Å². The van der Waals surface area contributed by atoms with E-state index in [9.17, 15) is 13.5 Å². The number of rotatable bonds is 5. The fraction of sp³-hybridized carbons (Fsp3) is 1.00. The van der Waals surface area contributed by atoms with Gasteiger partial charge in [-0.1, -0.05) is 0 Å². The van der Waals surface area contributed by atoms with E-state index >= 15 is 0 Å². The Hall–Kier alpha value is -0.210. The van der Waals surface area contributed by atoms with Crippen molar-refractivity contribution in [2.45, 2.75) is 24.9 Å². The number of nitrogens with one attached hydrogen (secondary N) is 1. The molecule has 19 heavy (non-hydrogen) atoms. The minimum Gasteiger partial charge on any atom is -0.386 e. The van der Waals surface area contributed by atoms with E-state index in [0.29, 0.717) is 45.2 Å². The minimum absolute atomic E-state index is 0.328. The summed E-state index contributed by atoms with van der Waals surface area (Å²) in [5.41, 5.74) is -0.745. The standard InChI is InChI=1S/C12H24N2O4S/c1-19(16,17)14-5-2-3-11(8-14)7-13-9-12(15)4-6-18-10-12/h11,13,15H,2-10H2,1H3. The monoisotopic (exact) mass is 292 g/mol. The first-order valence-corrected chi connectivity index (χ1v) is 8.70. The summed E-state index contributed by atoms with van der Waals surface area (Å²) in [6.07, 6.45) is 3.88. The van der Waals surface area contributed by atoms with Crippen LogP contribution in [0.3, 0.4) is 0 Å². The third-order valence-corrected chi connectivity index (χ3v) is 5.19. The van der Waals surface area contributed by atoms with Gasteiger partial charge >= 0.3 is 0 Å².